The second-order valence-corrected chi connectivity index (χ2v) is 4.58. The number of pyridine rings is 1. The largest absolute Gasteiger partial charge is 0.260 e. The molecule has 0 saturated carbocycles. The normalized spacial score (nSPS) is 11.8. The third kappa shape index (κ3) is 1.83. The smallest absolute Gasteiger partial charge is 0.146 e. The Balaban J connectivity index is 3.31. The summed E-state index contributed by atoms with van der Waals surface area (Å²) in [4.78, 5) is 3.74. The highest BCUT2D eigenvalue weighted by molar-refractivity contribution is 9.10. The molecule has 0 radical (unpaired) electrons. The molecule has 1 aromatic rings. The average Bonchev–Trinajstić information content (AvgIpc) is 1.82. The van der Waals surface area contributed by atoms with Crippen molar-refractivity contribution in [3.63, 3.8) is 0 Å². The van der Waals surface area contributed by atoms with Crippen molar-refractivity contribution in [2.24, 2.45) is 0 Å². The molecular weight excluding hydrogens is 221 g/mol. The van der Waals surface area contributed by atoms with Gasteiger partial charge >= 0.3 is 0 Å². The minimum Gasteiger partial charge on any atom is -0.260 e. The van der Waals surface area contributed by atoms with Gasteiger partial charge in [-0.3, -0.25) is 4.98 Å². The molecule has 0 aromatic carbocycles. The van der Waals surface area contributed by atoms with Gasteiger partial charge in [-0.15, -0.1) is 0 Å². The maximum absolute atomic E-state index is 13.3. The molecule has 12 heavy (non-hydrogen) atoms. The van der Waals surface area contributed by atoms with Gasteiger partial charge in [0.1, 0.15) is 5.82 Å². The topological polar surface area (TPSA) is 12.9 Å². The molecular formula is C9H11BrFN. The Bertz CT molecular complexity index is 271. The van der Waals surface area contributed by atoms with E-state index in [0.29, 0.717) is 5.56 Å². The average molecular weight is 232 g/mol. The molecule has 0 aliphatic rings. The summed E-state index contributed by atoms with van der Waals surface area (Å²) in [6, 6.07) is 0. The fourth-order valence-electron chi connectivity index (χ4n) is 1.13. The molecule has 0 N–H and O–H groups in total. The zero-order chi connectivity index (χ0) is 9.35. The number of aromatic nitrogens is 1. The monoisotopic (exact) mass is 231 g/mol. The van der Waals surface area contributed by atoms with E-state index in [9.17, 15) is 4.39 Å². The lowest BCUT2D eigenvalue weighted by Crippen LogP contribution is -2.14. The van der Waals surface area contributed by atoms with Gasteiger partial charge in [-0.2, -0.15) is 0 Å². The maximum Gasteiger partial charge on any atom is 0.146 e. The van der Waals surface area contributed by atoms with E-state index < -0.39 is 0 Å². The Morgan fingerprint density at radius 1 is 1.33 bits per heavy atom. The molecule has 1 heterocycles. The first-order valence-electron chi connectivity index (χ1n) is 3.72. The van der Waals surface area contributed by atoms with Gasteiger partial charge < -0.3 is 0 Å². The lowest BCUT2D eigenvalue weighted by Gasteiger charge is -2.20. The molecule has 3 heteroatoms. The van der Waals surface area contributed by atoms with Crippen LogP contribution in [-0.4, -0.2) is 4.98 Å². The number of halogens is 2. The van der Waals surface area contributed by atoms with Crippen molar-refractivity contribution in [1.82, 2.24) is 4.98 Å². The van der Waals surface area contributed by atoms with E-state index in [4.69, 9.17) is 0 Å². The first-order chi connectivity index (χ1) is 5.43. The standard InChI is InChI=1S/C9H11BrFN/c1-9(2,3)8-6(10)4-12-5-7(8)11/h4-5H,1-3H3. The van der Waals surface area contributed by atoms with E-state index in [2.05, 4.69) is 20.9 Å². The predicted octanol–water partition coefficient (Wildman–Crippen LogP) is 3.28. The first-order valence-corrected chi connectivity index (χ1v) is 4.51. The van der Waals surface area contributed by atoms with Crippen LogP contribution in [0.4, 0.5) is 4.39 Å². The number of hydrogen-bond acceptors (Lipinski definition) is 1. The van der Waals surface area contributed by atoms with Crippen molar-refractivity contribution < 1.29 is 4.39 Å². The molecule has 0 fully saturated rings. The molecule has 0 bridgehead atoms. The summed E-state index contributed by atoms with van der Waals surface area (Å²) >= 11 is 3.28. The fraction of sp³-hybridized carbons (Fsp3) is 0.444. The van der Waals surface area contributed by atoms with E-state index in [0.717, 1.165) is 4.47 Å². The van der Waals surface area contributed by atoms with Crippen LogP contribution in [0.25, 0.3) is 0 Å². The summed E-state index contributed by atoms with van der Waals surface area (Å²) < 4.78 is 14.0. The molecule has 0 atom stereocenters. The number of nitrogens with zero attached hydrogens (tertiary/aromatic N) is 1. The molecule has 0 spiro atoms. The summed E-state index contributed by atoms with van der Waals surface area (Å²) in [5.74, 6) is -0.253. The summed E-state index contributed by atoms with van der Waals surface area (Å²) in [5.41, 5.74) is 0.490. The van der Waals surface area contributed by atoms with Gasteiger partial charge in [-0.1, -0.05) is 20.8 Å². The summed E-state index contributed by atoms with van der Waals surface area (Å²) in [6.07, 6.45) is 2.86. The lowest BCUT2D eigenvalue weighted by atomic mass is 9.87. The fourth-order valence-corrected chi connectivity index (χ4v) is 2.03. The van der Waals surface area contributed by atoms with Gasteiger partial charge in [0.05, 0.1) is 6.20 Å². The summed E-state index contributed by atoms with van der Waals surface area (Å²) in [7, 11) is 0. The van der Waals surface area contributed by atoms with Gasteiger partial charge in [-0.25, -0.2) is 4.39 Å². The molecule has 0 aliphatic carbocycles. The molecule has 0 aliphatic heterocycles. The van der Waals surface area contributed by atoms with Crippen molar-refractivity contribution in [2.75, 3.05) is 0 Å². The zero-order valence-electron chi connectivity index (χ0n) is 7.36. The Morgan fingerprint density at radius 3 is 2.25 bits per heavy atom. The SMILES string of the molecule is CC(C)(C)c1c(F)cncc1Br. The van der Waals surface area contributed by atoms with Gasteiger partial charge in [0.25, 0.3) is 0 Å². The van der Waals surface area contributed by atoms with Crippen LogP contribution in [0.3, 0.4) is 0 Å². The Labute approximate surface area is 80.1 Å². The predicted molar refractivity (Wildman–Crippen MR) is 50.6 cm³/mol. The Hall–Kier alpha value is -0.440. The molecule has 1 rings (SSSR count). The van der Waals surface area contributed by atoms with Crippen molar-refractivity contribution in [3.8, 4) is 0 Å². The highest BCUT2D eigenvalue weighted by Gasteiger charge is 2.21. The molecule has 1 aromatic heterocycles. The summed E-state index contributed by atoms with van der Waals surface area (Å²) in [6.45, 7) is 5.91. The van der Waals surface area contributed by atoms with E-state index in [1.807, 2.05) is 20.8 Å². The third-order valence-corrected chi connectivity index (χ3v) is 2.20. The second-order valence-electron chi connectivity index (χ2n) is 3.73. The first kappa shape index (κ1) is 9.65. The second kappa shape index (κ2) is 3.13. The highest BCUT2D eigenvalue weighted by Crippen LogP contribution is 2.30. The van der Waals surface area contributed by atoms with Crippen LogP contribution in [-0.2, 0) is 5.41 Å². The molecule has 0 saturated heterocycles. The van der Waals surface area contributed by atoms with Crippen molar-refractivity contribution in [1.29, 1.82) is 0 Å². The van der Waals surface area contributed by atoms with Gasteiger partial charge in [-0.05, 0) is 21.3 Å². The molecule has 1 nitrogen and oxygen atoms in total. The van der Waals surface area contributed by atoms with Crippen LogP contribution in [0.2, 0.25) is 0 Å². The van der Waals surface area contributed by atoms with E-state index >= 15 is 0 Å². The van der Waals surface area contributed by atoms with Crippen LogP contribution in [0.15, 0.2) is 16.9 Å². The maximum atomic E-state index is 13.3. The quantitative estimate of drug-likeness (QED) is 0.668. The minimum absolute atomic E-state index is 0.189. The van der Waals surface area contributed by atoms with E-state index in [1.165, 1.54) is 6.20 Å². The van der Waals surface area contributed by atoms with E-state index in [-0.39, 0.29) is 11.2 Å². The van der Waals surface area contributed by atoms with Crippen molar-refractivity contribution in [3.05, 3.63) is 28.2 Å². The van der Waals surface area contributed by atoms with Crippen molar-refractivity contribution >= 4 is 15.9 Å². The highest BCUT2D eigenvalue weighted by atomic mass is 79.9. The lowest BCUT2D eigenvalue weighted by molar-refractivity contribution is 0.516. The van der Waals surface area contributed by atoms with Gasteiger partial charge in [0.15, 0.2) is 0 Å². The Morgan fingerprint density at radius 2 is 1.92 bits per heavy atom. The summed E-state index contributed by atoms with van der Waals surface area (Å²) in [5, 5.41) is 0. The molecule has 0 amide bonds. The third-order valence-electron chi connectivity index (χ3n) is 1.60. The van der Waals surface area contributed by atoms with Crippen LogP contribution in [0, 0.1) is 5.82 Å². The Kier molecular flexibility index (Phi) is 2.52. The molecule has 66 valence electrons. The van der Waals surface area contributed by atoms with Crippen LogP contribution in [0.1, 0.15) is 26.3 Å². The molecule has 0 unspecified atom stereocenters. The van der Waals surface area contributed by atoms with Gasteiger partial charge in [0, 0.05) is 16.2 Å². The van der Waals surface area contributed by atoms with Crippen LogP contribution < -0.4 is 0 Å². The van der Waals surface area contributed by atoms with Gasteiger partial charge in [0.2, 0.25) is 0 Å². The van der Waals surface area contributed by atoms with E-state index in [1.54, 1.807) is 6.20 Å². The van der Waals surface area contributed by atoms with Crippen LogP contribution >= 0.6 is 15.9 Å². The van der Waals surface area contributed by atoms with Crippen molar-refractivity contribution in [2.45, 2.75) is 26.2 Å². The number of rotatable bonds is 0. The minimum atomic E-state index is -0.253. The van der Waals surface area contributed by atoms with Crippen LogP contribution in [0.5, 0.6) is 0 Å². The zero-order valence-corrected chi connectivity index (χ0v) is 8.94. The number of hydrogen-bond donors (Lipinski definition) is 0.